The zero-order chi connectivity index (χ0) is 13.1. The van der Waals surface area contributed by atoms with Crippen LogP contribution >= 0.6 is 11.6 Å². The first-order valence-corrected chi connectivity index (χ1v) is 5.95. The van der Waals surface area contributed by atoms with Crippen LogP contribution in [0.15, 0.2) is 18.2 Å². The quantitative estimate of drug-likeness (QED) is 0.878. The van der Waals surface area contributed by atoms with E-state index in [2.05, 4.69) is 5.32 Å². The highest BCUT2D eigenvalue weighted by Gasteiger charge is 2.28. The molecule has 1 aromatic carbocycles. The Morgan fingerprint density at radius 1 is 1.47 bits per heavy atom. The molecule has 0 aliphatic carbocycles. The maximum atomic E-state index is 13.3. The molecule has 0 spiro atoms. The van der Waals surface area contributed by atoms with E-state index in [1.165, 1.54) is 6.07 Å². The number of benzene rings is 1. The first-order valence-electron chi connectivity index (χ1n) is 5.57. The van der Waals surface area contributed by atoms with Crippen LogP contribution in [-0.2, 0) is 11.2 Å². The van der Waals surface area contributed by atoms with E-state index in [0.717, 1.165) is 5.56 Å². The number of hydrogen-bond acceptors (Lipinski definition) is 2. The van der Waals surface area contributed by atoms with Gasteiger partial charge < -0.3 is 10.1 Å². The third-order valence-corrected chi connectivity index (χ3v) is 3.44. The fraction of sp³-hybridized carbons (Fsp3) is 0.538. The van der Waals surface area contributed by atoms with E-state index in [0.29, 0.717) is 6.42 Å². The smallest absolute Gasteiger partial charge is 0.142 e. The largest absolute Gasteiger partial charge is 0.377 e. The summed E-state index contributed by atoms with van der Waals surface area (Å²) in [6.45, 7) is 4.00. The van der Waals surface area contributed by atoms with Crippen molar-refractivity contribution in [3.63, 3.8) is 0 Å². The summed E-state index contributed by atoms with van der Waals surface area (Å²) in [5.74, 6) is -0.380. The Hall–Kier alpha value is -0.640. The van der Waals surface area contributed by atoms with Gasteiger partial charge in [-0.3, -0.25) is 0 Å². The van der Waals surface area contributed by atoms with Crippen LogP contribution in [0.5, 0.6) is 0 Å². The lowest BCUT2D eigenvalue weighted by Crippen LogP contribution is -2.48. The van der Waals surface area contributed by atoms with Gasteiger partial charge in [0.25, 0.3) is 0 Å². The summed E-state index contributed by atoms with van der Waals surface area (Å²) in [5.41, 5.74) is 0.585. The minimum absolute atomic E-state index is 0.105. The van der Waals surface area contributed by atoms with Crippen molar-refractivity contribution in [2.24, 2.45) is 0 Å². The molecule has 0 bridgehead atoms. The van der Waals surface area contributed by atoms with Gasteiger partial charge in [-0.15, -0.1) is 0 Å². The Labute approximate surface area is 107 Å². The lowest BCUT2D eigenvalue weighted by Gasteiger charge is -2.33. The molecular formula is C13H19ClFNO. The molecule has 0 aromatic heterocycles. The van der Waals surface area contributed by atoms with Crippen molar-refractivity contribution in [1.82, 2.24) is 5.32 Å². The predicted octanol–water partition coefficient (Wildman–Crippen LogP) is 3.03. The maximum Gasteiger partial charge on any atom is 0.142 e. The molecule has 0 aliphatic rings. The zero-order valence-electron chi connectivity index (χ0n) is 10.7. The molecular weight excluding hydrogens is 241 g/mol. The molecule has 1 unspecified atom stereocenters. The number of hydrogen-bond donors (Lipinski definition) is 1. The second-order valence-electron chi connectivity index (χ2n) is 4.60. The van der Waals surface area contributed by atoms with Crippen LogP contribution in [0.2, 0.25) is 5.02 Å². The van der Waals surface area contributed by atoms with Crippen molar-refractivity contribution in [2.45, 2.75) is 31.9 Å². The number of likely N-dealkylation sites (N-methyl/N-ethyl adjacent to an activating group) is 1. The highest BCUT2D eigenvalue weighted by Crippen LogP contribution is 2.21. The van der Waals surface area contributed by atoms with Gasteiger partial charge >= 0.3 is 0 Å². The van der Waals surface area contributed by atoms with Gasteiger partial charge in [-0.2, -0.15) is 0 Å². The summed E-state index contributed by atoms with van der Waals surface area (Å²) in [6, 6.07) is 4.99. The molecule has 0 saturated heterocycles. The minimum atomic E-state index is -0.380. The predicted molar refractivity (Wildman–Crippen MR) is 69.0 cm³/mol. The van der Waals surface area contributed by atoms with Crippen LogP contribution < -0.4 is 5.32 Å². The van der Waals surface area contributed by atoms with Crippen molar-refractivity contribution >= 4 is 11.6 Å². The van der Waals surface area contributed by atoms with Gasteiger partial charge in [-0.25, -0.2) is 4.39 Å². The average molecular weight is 260 g/mol. The van der Waals surface area contributed by atoms with Crippen LogP contribution in [0.4, 0.5) is 4.39 Å². The standard InChI is InChI=1S/C13H19ClFNO/c1-13(2,17-4)12(16-3)8-9-5-6-10(14)11(15)7-9/h5-7,12,16H,8H2,1-4H3. The molecule has 0 amide bonds. The van der Waals surface area contributed by atoms with Gasteiger partial charge in [-0.1, -0.05) is 17.7 Å². The molecule has 0 saturated carbocycles. The summed E-state index contributed by atoms with van der Waals surface area (Å²) in [4.78, 5) is 0. The minimum Gasteiger partial charge on any atom is -0.377 e. The molecule has 1 aromatic rings. The summed E-state index contributed by atoms with van der Waals surface area (Å²) in [7, 11) is 3.55. The van der Waals surface area contributed by atoms with Crippen molar-refractivity contribution in [3.8, 4) is 0 Å². The first kappa shape index (κ1) is 14.4. The molecule has 0 aliphatic heterocycles. The van der Waals surface area contributed by atoms with Gasteiger partial charge in [0.05, 0.1) is 10.6 Å². The van der Waals surface area contributed by atoms with Crippen molar-refractivity contribution in [3.05, 3.63) is 34.6 Å². The van der Waals surface area contributed by atoms with Crippen LogP contribution in [0, 0.1) is 5.82 Å². The number of methoxy groups -OCH3 is 1. The van der Waals surface area contributed by atoms with Crippen LogP contribution in [-0.4, -0.2) is 25.8 Å². The number of nitrogens with one attached hydrogen (secondary N) is 1. The van der Waals surface area contributed by atoms with Crippen molar-refractivity contribution < 1.29 is 9.13 Å². The molecule has 2 nitrogen and oxygen atoms in total. The summed E-state index contributed by atoms with van der Waals surface area (Å²) < 4.78 is 18.8. The summed E-state index contributed by atoms with van der Waals surface area (Å²) in [6.07, 6.45) is 0.686. The molecule has 17 heavy (non-hydrogen) atoms. The maximum absolute atomic E-state index is 13.3. The normalized spacial score (nSPS) is 13.8. The van der Waals surface area contributed by atoms with Gasteiger partial charge in [0.1, 0.15) is 5.82 Å². The van der Waals surface area contributed by atoms with E-state index in [4.69, 9.17) is 16.3 Å². The van der Waals surface area contributed by atoms with Gasteiger partial charge in [-0.05, 0) is 45.0 Å². The molecule has 0 heterocycles. The summed E-state index contributed by atoms with van der Waals surface area (Å²) in [5, 5.41) is 3.35. The molecule has 96 valence electrons. The number of ether oxygens (including phenoxy) is 1. The molecule has 1 N–H and O–H groups in total. The average Bonchev–Trinajstić information content (AvgIpc) is 2.30. The number of halogens is 2. The lowest BCUT2D eigenvalue weighted by molar-refractivity contribution is -0.00799. The van der Waals surface area contributed by atoms with E-state index in [1.807, 2.05) is 27.0 Å². The fourth-order valence-electron chi connectivity index (χ4n) is 1.74. The van der Waals surface area contributed by atoms with E-state index >= 15 is 0 Å². The highest BCUT2D eigenvalue weighted by atomic mass is 35.5. The third-order valence-electron chi connectivity index (χ3n) is 3.14. The Bertz CT molecular complexity index is 382. The molecule has 0 radical (unpaired) electrons. The van der Waals surface area contributed by atoms with E-state index in [9.17, 15) is 4.39 Å². The van der Waals surface area contributed by atoms with Crippen LogP contribution in [0.25, 0.3) is 0 Å². The van der Waals surface area contributed by atoms with E-state index in [-0.39, 0.29) is 22.5 Å². The van der Waals surface area contributed by atoms with Gasteiger partial charge in [0.2, 0.25) is 0 Å². The van der Waals surface area contributed by atoms with Crippen molar-refractivity contribution in [1.29, 1.82) is 0 Å². The zero-order valence-corrected chi connectivity index (χ0v) is 11.4. The second-order valence-corrected chi connectivity index (χ2v) is 5.01. The second kappa shape index (κ2) is 5.80. The first-order chi connectivity index (χ1) is 7.90. The highest BCUT2D eigenvalue weighted by molar-refractivity contribution is 6.30. The molecule has 0 fully saturated rings. The van der Waals surface area contributed by atoms with E-state index < -0.39 is 0 Å². The van der Waals surface area contributed by atoms with Crippen molar-refractivity contribution in [2.75, 3.05) is 14.2 Å². The topological polar surface area (TPSA) is 21.3 Å². The Kier molecular flexibility index (Phi) is 4.92. The molecule has 4 heteroatoms. The monoisotopic (exact) mass is 259 g/mol. The third kappa shape index (κ3) is 3.66. The van der Waals surface area contributed by atoms with Gasteiger partial charge in [0, 0.05) is 13.2 Å². The SMILES string of the molecule is CNC(Cc1ccc(Cl)c(F)c1)C(C)(C)OC. The Balaban J connectivity index is 2.84. The molecule has 1 atom stereocenters. The van der Waals surface area contributed by atoms with Gasteiger partial charge in [0.15, 0.2) is 0 Å². The number of rotatable bonds is 5. The van der Waals surface area contributed by atoms with Crippen LogP contribution in [0.1, 0.15) is 19.4 Å². The summed E-state index contributed by atoms with van der Waals surface area (Å²) >= 11 is 5.65. The Morgan fingerprint density at radius 2 is 2.12 bits per heavy atom. The molecule has 1 rings (SSSR count). The lowest BCUT2D eigenvalue weighted by atomic mass is 9.92. The van der Waals surface area contributed by atoms with E-state index in [1.54, 1.807) is 13.2 Å². The fourth-order valence-corrected chi connectivity index (χ4v) is 1.86. The van der Waals surface area contributed by atoms with Crippen LogP contribution in [0.3, 0.4) is 0 Å². The Morgan fingerprint density at radius 3 is 2.59 bits per heavy atom.